The number of hydrogen-bond acceptors (Lipinski definition) is 4. The number of carbonyl (C=O) groups is 2. The molecule has 0 unspecified atom stereocenters. The van der Waals surface area contributed by atoms with E-state index in [9.17, 15) is 14.0 Å². The Labute approximate surface area is 147 Å². The molecule has 0 radical (unpaired) electrons. The van der Waals surface area contributed by atoms with Crippen molar-refractivity contribution in [2.75, 3.05) is 6.54 Å². The van der Waals surface area contributed by atoms with Crippen LogP contribution in [-0.2, 0) is 4.79 Å². The Morgan fingerprint density at radius 3 is 2.83 bits per heavy atom. The van der Waals surface area contributed by atoms with E-state index in [4.69, 9.17) is 11.6 Å². The lowest BCUT2D eigenvalue weighted by Gasteiger charge is -2.24. The average molecular weight is 368 g/mol. The third-order valence-electron chi connectivity index (χ3n) is 3.88. The van der Waals surface area contributed by atoms with Crippen LogP contribution in [0, 0.1) is 11.2 Å². The molecule has 2 heterocycles. The highest BCUT2D eigenvalue weighted by Crippen LogP contribution is 2.29. The van der Waals surface area contributed by atoms with Crippen LogP contribution in [0.15, 0.2) is 24.4 Å². The zero-order chi connectivity index (χ0) is 17.5. The fourth-order valence-corrected chi connectivity index (χ4v) is 3.56. The summed E-state index contributed by atoms with van der Waals surface area (Å²) >= 11 is 6.96. The van der Waals surface area contributed by atoms with E-state index in [2.05, 4.69) is 15.6 Å². The number of amides is 2. The van der Waals surface area contributed by atoms with E-state index in [0.717, 1.165) is 11.3 Å². The number of halogens is 2. The molecule has 1 aromatic carbocycles. The van der Waals surface area contributed by atoms with Gasteiger partial charge in [0.1, 0.15) is 21.7 Å². The molecule has 1 aliphatic rings. The minimum Gasteiger partial charge on any atom is -0.354 e. The van der Waals surface area contributed by atoms with E-state index in [1.807, 2.05) is 13.8 Å². The van der Waals surface area contributed by atoms with Gasteiger partial charge < -0.3 is 10.6 Å². The molecule has 1 fully saturated rings. The maximum Gasteiger partial charge on any atom is 0.263 e. The number of aromatic nitrogens is 1. The molecule has 5 nitrogen and oxygen atoms in total. The van der Waals surface area contributed by atoms with Gasteiger partial charge in [0.15, 0.2) is 0 Å². The zero-order valence-corrected chi connectivity index (χ0v) is 14.6. The number of carbonyl (C=O) groups excluding carboxylic acids is 2. The predicted octanol–water partition coefficient (Wildman–Crippen LogP) is 2.86. The normalized spacial score (nSPS) is 19.2. The summed E-state index contributed by atoms with van der Waals surface area (Å²) in [6, 6.07) is 3.49. The molecule has 0 bridgehead atoms. The van der Waals surface area contributed by atoms with Gasteiger partial charge in [-0.2, -0.15) is 0 Å². The minimum atomic E-state index is -0.598. The summed E-state index contributed by atoms with van der Waals surface area (Å²) in [5.41, 5.74) is 0.138. The van der Waals surface area contributed by atoms with Crippen molar-refractivity contribution < 1.29 is 14.0 Å². The second-order valence-electron chi connectivity index (χ2n) is 6.30. The first-order valence-electron chi connectivity index (χ1n) is 7.27. The molecule has 1 aliphatic heterocycles. The smallest absolute Gasteiger partial charge is 0.263 e. The van der Waals surface area contributed by atoms with Crippen LogP contribution in [-0.4, -0.2) is 29.4 Å². The second kappa shape index (κ2) is 6.14. The van der Waals surface area contributed by atoms with Crippen molar-refractivity contribution in [3.05, 3.63) is 40.1 Å². The van der Waals surface area contributed by atoms with Crippen molar-refractivity contribution in [2.45, 2.75) is 19.9 Å². The first-order chi connectivity index (χ1) is 11.3. The van der Waals surface area contributed by atoms with Crippen LogP contribution in [0.3, 0.4) is 0 Å². The van der Waals surface area contributed by atoms with Gasteiger partial charge in [0.2, 0.25) is 5.91 Å². The summed E-state index contributed by atoms with van der Waals surface area (Å²) in [5.74, 6) is -1.05. The topological polar surface area (TPSA) is 71.1 Å². The van der Waals surface area contributed by atoms with Crippen LogP contribution in [0.2, 0.25) is 5.02 Å². The minimum absolute atomic E-state index is 0.199. The number of thiazole rings is 1. The summed E-state index contributed by atoms with van der Waals surface area (Å²) < 4.78 is 13.4. The van der Waals surface area contributed by atoms with Crippen LogP contribution in [0.25, 0.3) is 10.6 Å². The molecular formula is C16H15ClFN3O2S. The van der Waals surface area contributed by atoms with Crippen LogP contribution in [0.5, 0.6) is 0 Å². The van der Waals surface area contributed by atoms with Crippen molar-refractivity contribution in [3.8, 4) is 10.6 Å². The lowest BCUT2D eigenvalue weighted by atomic mass is 9.87. The summed E-state index contributed by atoms with van der Waals surface area (Å²) in [4.78, 5) is 28.8. The Morgan fingerprint density at radius 2 is 2.21 bits per heavy atom. The molecule has 2 aromatic rings. The third kappa shape index (κ3) is 3.27. The van der Waals surface area contributed by atoms with Crippen molar-refractivity contribution in [1.29, 1.82) is 0 Å². The predicted molar refractivity (Wildman–Crippen MR) is 90.6 cm³/mol. The lowest BCUT2D eigenvalue weighted by Crippen LogP contribution is -2.46. The summed E-state index contributed by atoms with van der Waals surface area (Å²) in [5, 5.41) is 6.22. The number of nitrogens with zero attached hydrogens (tertiary/aromatic N) is 1. The Bertz CT molecular complexity index is 801. The molecule has 3 rings (SSSR count). The Kier molecular flexibility index (Phi) is 4.31. The van der Waals surface area contributed by atoms with Crippen molar-refractivity contribution in [3.63, 3.8) is 0 Å². The molecule has 1 atom stereocenters. The average Bonchev–Trinajstić information content (AvgIpc) is 3.07. The Balaban J connectivity index is 1.80. The van der Waals surface area contributed by atoms with Crippen LogP contribution in [0.1, 0.15) is 23.5 Å². The van der Waals surface area contributed by atoms with E-state index < -0.39 is 11.9 Å². The van der Waals surface area contributed by atoms with Gasteiger partial charge in [-0.25, -0.2) is 9.37 Å². The van der Waals surface area contributed by atoms with Gasteiger partial charge in [-0.15, -0.1) is 11.3 Å². The van der Waals surface area contributed by atoms with Crippen molar-refractivity contribution in [1.82, 2.24) is 15.6 Å². The number of nitrogens with one attached hydrogen (secondary N) is 2. The zero-order valence-electron chi connectivity index (χ0n) is 13.0. The van der Waals surface area contributed by atoms with Crippen LogP contribution >= 0.6 is 22.9 Å². The van der Waals surface area contributed by atoms with E-state index in [0.29, 0.717) is 22.0 Å². The fourth-order valence-electron chi connectivity index (χ4n) is 2.53. The molecule has 1 saturated heterocycles. The van der Waals surface area contributed by atoms with Gasteiger partial charge in [0, 0.05) is 22.5 Å². The number of rotatable bonds is 3. The molecule has 24 heavy (non-hydrogen) atoms. The van der Waals surface area contributed by atoms with Crippen LogP contribution in [0.4, 0.5) is 4.39 Å². The third-order valence-corrected chi connectivity index (χ3v) is 5.14. The first-order valence-corrected chi connectivity index (χ1v) is 8.46. The Hall–Kier alpha value is -1.99. The molecule has 0 aliphatic carbocycles. The van der Waals surface area contributed by atoms with E-state index in [-0.39, 0.29) is 22.3 Å². The maximum absolute atomic E-state index is 13.4. The molecular weight excluding hydrogens is 353 g/mol. The highest BCUT2D eigenvalue weighted by Gasteiger charge is 2.42. The largest absolute Gasteiger partial charge is 0.354 e. The van der Waals surface area contributed by atoms with Crippen molar-refractivity contribution >= 4 is 34.8 Å². The van der Waals surface area contributed by atoms with Crippen LogP contribution < -0.4 is 10.6 Å². The fraction of sp³-hybridized carbons (Fsp3) is 0.312. The van der Waals surface area contributed by atoms with Gasteiger partial charge in [-0.1, -0.05) is 25.4 Å². The molecule has 0 spiro atoms. The van der Waals surface area contributed by atoms with Crippen molar-refractivity contribution in [2.24, 2.45) is 5.41 Å². The first kappa shape index (κ1) is 16.9. The highest BCUT2D eigenvalue weighted by atomic mass is 35.5. The number of benzene rings is 1. The second-order valence-corrected chi connectivity index (χ2v) is 7.77. The van der Waals surface area contributed by atoms with E-state index >= 15 is 0 Å². The Morgan fingerprint density at radius 1 is 1.46 bits per heavy atom. The summed E-state index contributed by atoms with van der Waals surface area (Å²) in [7, 11) is 0. The monoisotopic (exact) mass is 367 g/mol. The number of hydrogen-bond donors (Lipinski definition) is 2. The van der Waals surface area contributed by atoms with Gasteiger partial charge in [0.05, 0.1) is 6.20 Å². The van der Waals surface area contributed by atoms with Gasteiger partial charge in [-0.05, 0) is 18.2 Å². The van der Waals surface area contributed by atoms with Gasteiger partial charge >= 0.3 is 0 Å². The molecule has 1 aromatic heterocycles. The van der Waals surface area contributed by atoms with Gasteiger partial charge in [0.25, 0.3) is 5.91 Å². The SMILES string of the molecule is CC1(C)CNC(=O)[C@H]1NC(=O)c1cnc(-c2cc(F)cc(Cl)c2)s1. The molecule has 8 heteroatoms. The van der Waals surface area contributed by atoms with E-state index in [1.165, 1.54) is 18.3 Å². The molecule has 2 N–H and O–H groups in total. The van der Waals surface area contributed by atoms with E-state index in [1.54, 1.807) is 6.07 Å². The molecule has 126 valence electrons. The summed E-state index contributed by atoms with van der Waals surface area (Å²) in [6.07, 6.45) is 1.41. The maximum atomic E-state index is 13.4. The summed E-state index contributed by atoms with van der Waals surface area (Å²) in [6.45, 7) is 4.32. The quantitative estimate of drug-likeness (QED) is 0.876. The standard InChI is InChI=1S/C16H15ClFN3O2S/c1-16(2)7-20-14(23)12(16)21-13(22)11-6-19-15(24-11)8-3-9(17)5-10(18)4-8/h3-6,12H,7H2,1-2H3,(H,20,23)(H,21,22)/t12-/m1/s1. The molecule has 2 amide bonds. The van der Waals surface area contributed by atoms with Gasteiger partial charge in [-0.3, -0.25) is 9.59 Å². The highest BCUT2D eigenvalue weighted by molar-refractivity contribution is 7.16. The molecule has 0 saturated carbocycles. The lowest BCUT2D eigenvalue weighted by molar-refractivity contribution is -0.121.